The molecule has 0 aromatic carbocycles. The summed E-state index contributed by atoms with van der Waals surface area (Å²) in [6.07, 6.45) is -0.0680. The molecule has 0 radical (unpaired) electrons. The molecule has 3 amide bonds. The number of carboxylic acids is 1. The van der Waals surface area contributed by atoms with Crippen LogP contribution in [-0.4, -0.2) is 70.6 Å². The SMILES string of the molecule is CCC(CC)O[C@@H]1C=C(C(=O)O)C[C@H](N=C(NC(=O)OC(C)(C)C)NC(=O)OC(C)(C)C)C1NC(C)=O. The van der Waals surface area contributed by atoms with Crippen molar-refractivity contribution in [3.8, 4) is 0 Å². The molecule has 210 valence electrons. The maximum Gasteiger partial charge on any atom is 0.414 e. The average molecular weight is 527 g/mol. The lowest BCUT2D eigenvalue weighted by Crippen LogP contribution is -2.55. The van der Waals surface area contributed by atoms with Crippen molar-refractivity contribution >= 4 is 30.0 Å². The van der Waals surface area contributed by atoms with Gasteiger partial charge in [0.25, 0.3) is 0 Å². The summed E-state index contributed by atoms with van der Waals surface area (Å²) >= 11 is 0. The minimum atomic E-state index is -1.17. The zero-order chi connectivity index (χ0) is 28.6. The van der Waals surface area contributed by atoms with Gasteiger partial charge >= 0.3 is 18.2 Å². The molecule has 1 rings (SSSR count). The summed E-state index contributed by atoms with van der Waals surface area (Å²) < 4.78 is 16.7. The van der Waals surface area contributed by atoms with E-state index in [1.807, 2.05) is 13.8 Å². The molecule has 0 spiro atoms. The molecule has 4 N–H and O–H groups in total. The summed E-state index contributed by atoms with van der Waals surface area (Å²) in [5, 5.41) is 17.3. The maximum absolute atomic E-state index is 12.5. The number of amides is 3. The van der Waals surface area contributed by atoms with Crippen molar-refractivity contribution in [2.24, 2.45) is 4.99 Å². The highest BCUT2D eigenvalue weighted by Crippen LogP contribution is 2.26. The Labute approximate surface area is 218 Å². The number of nitrogens with zero attached hydrogens (tertiary/aromatic N) is 1. The predicted molar refractivity (Wildman–Crippen MR) is 137 cm³/mol. The first-order valence-corrected chi connectivity index (χ1v) is 12.4. The summed E-state index contributed by atoms with van der Waals surface area (Å²) in [7, 11) is 0. The number of aliphatic carboxylic acids is 1. The van der Waals surface area contributed by atoms with Gasteiger partial charge in [0.2, 0.25) is 11.9 Å². The molecule has 3 atom stereocenters. The second kappa shape index (κ2) is 13.4. The fourth-order valence-corrected chi connectivity index (χ4v) is 3.53. The van der Waals surface area contributed by atoms with Crippen molar-refractivity contribution < 1.29 is 38.5 Å². The van der Waals surface area contributed by atoms with E-state index >= 15 is 0 Å². The first-order valence-electron chi connectivity index (χ1n) is 12.4. The number of rotatable bonds is 7. The van der Waals surface area contributed by atoms with Crippen LogP contribution in [0.5, 0.6) is 0 Å². The number of nitrogens with one attached hydrogen (secondary N) is 3. The molecule has 0 bridgehead atoms. The number of carbonyl (C=O) groups is 4. The van der Waals surface area contributed by atoms with E-state index in [2.05, 4.69) is 20.9 Å². The Balaban J connectivity index is 3.49. The number of guanidine groups is 1. The average Bonchev–Trinajstić information content (AvgIpc) is 2.70. The standard InChI is InChI=1S/C25H42N4O8/c1-10-16(11-2)35-18-13-15(20(31)32)12-17(19(18)26-14(3)30)27-21(28-22(33)36-24(4,5)6)29-23(34)37-25(7,8)9/h13,16-19H,10-12H2,1-9H3,(H,26,30)(H,31,32)(H2,27,28,29,33,34)/t17-,18+,19?/m0/s1. The summed E-state index contributed by atoms with van der Waals surface area (Å²) in [6.45, 7) is 15.2. The van der Waals surface area contributed by atoms with Gasteiger partial charge in [-0.15, -0.1) is 0 Å². The fourth-order valence-electron chi connectivity index (χ4n) is 3.53. The van der Waals surface area contributed by atoms with Crippen LogP contribution in [-0.2, 0) is 23.8 Å². The molecule has 0 aromatic heterocycles. The molecule has 0 aromatic rings. The van der Waals surface area contributed by atoms with Crippen LogP contribution in [0, 0.1) is 0 Å². The van der Waals surface area contributed by atoms with Crippen LogP contribution in [0.3, 0.4) is 0 Å². The molecule has 37 heavy (non-hydrogen) atoms. The lowest BCUT2D eigenvalue weighted by Gasteiger charge is -2.36. The lowest BCUT2D eigenvalue weighted by molar-refractivity contribution is -0.133. The number of carboxylic acid groups (broad SMARTS) is 1. The maximum atomic E-state index is 12.5. The quantitative estimate of drug-likeness (QED) is 0.290. The van der Waals surface area contributed by atoms with Gasteiger partial charge in [-0.1, -0.05) is 13.8 Å². The molecule has 0 aliphatic heterocycles. The van der Waals surface area contributed by atoms with Gasteiger partial charge < -0.3 is 24.6 Å². The monoisotopic (exact) mass is 526 g/mol. The van der Waals surface area contributed by atoms with Crippen LogP contribution in [0.25, 0.3) is 0 Å². The first kappa shape index (κ1) is 31.9. The van der Waals surface area contributed by atoms with Gasteiger partial charge in [0.15, 0.2) is 0 Å². The van der Waals surface area contributed by atoms with Gasteiger partial charge in [-0.05, 0) is 60.5 Å². The van der Waals surface area contributed by atoms with E-state index in [1.54, 1.807) is 41.5 Å². The summed E-state index contributed by atoms with van der Waals surface area (Å²) in [6, 6.07) is -1.70. The van der Waals surface area contributed by atoms with Crippen molar-refractivity contribution in [3.05, 3.63) is 11.6 Å². The van der Waals surface area contributed by atoms with E-state index in [1.165, 1.54) is 13.0 Å². The van der Waals surface area contributed by atoms with E-state index in [4.69, 9.17) is 14.2 Å². The number of ether oxygens (including phenoxy) is 3. The third-order valence-corrected chi connectivity index (χ3v) is 5.00. The molecule has 0 saturated carbocycles. The minimum Gasteiger partial charge on any atom is -0.478 e. The zero-order valence-corrected chi connectivity index (χ0v) is 23.3. The van der Waals surface area contributed by atoms with Crippen molar-refractivity contribution in [2.45, 2.75) is 117 Å². The van der Waals surface area contributed by atoms with Crippen molar-refractivity contribution in [3.63, 3.8) is 0 Å². The zero-order valence-electron chi connectivity index (χ0n) is 23.3. The third kappa shape index (κ3) is 12.1. The van der Waals surface area contributed by atoms with Gasteiger partial charge in [-0.3, -0.25) is 15.4 Å². The van der Waals surface area contributed by atoms with E-state index in [0.717, 1.165) is 0 Å². The Morgan fingerprint density at radius 3 is 1.86 bits per heavy atom. The van der Waals surface area contributed by atoms with Crippen molar-refractivity contribution in [1.82, 2.24) is 16.0 Å². The second-order valence-electron chi connectivity index (χ2n) is 10.8. The molecule has 1 unspecified atom stereocenters. The second-order valence-corrected chi connectivity index (χ2v) is 10.8. The molecular weight excluding hydrogens is 484 g/mol. The smallest absolute Gasteiger partial charge is 0.414 e. The number of aliphatic imine (C=N–C) groups is 1. The summed E-state index contributed by atoms with van der Waals surface area (Å²) in [5.74, 6) is -1.87. The van der Waals surface area contributed by atoms with Crippen LogP contribution < -0.4 is 16.0 Å². The van der Waals surface area contributed by atoms with Crippen molar-refractivity contribution in [1.29, 1.82) is 0 Å². The highest BCUT2D eigenvalue weighted by molar-refractivity contribution is 6.01. The molecule has 0 heterocycles. The molecular formula is C25H42N4O8. The molecule has 12 nitrogen and oxygen atoms in total. The number of hydrogen-bond donors (Lipinski definition) is 4. The number of hydrogen-bond acceptors (Lipinski definition) is 8. The van der Waals surface area contributed by atoms with Gasteiger partial charge in [0, 0.05) is 18.9 Å². The Bertz CT molecular complexity index is 865. The molecule has 0 fully saturated rings. The lowest BCUT2D eigenvalue weighted by atomic mass is 9.88. The third-order valence-electron chi connectivity index (χ3n) is 5.00. The summed E-state index contributed by atoms with van der Waals surface area (Å²) in [4.78, 5) is 53.4. The Morgan fingerprint density at radius 2 is 1.49 bits per heavy atom. The van der Waals surface area contributed by atoms with Crippen LogP contribution in [0.2, 0.25) is 0 Å². The van der Waals surface area contributed by atoms with Gasteiger partial charge in [-0.2, -0.15) is 0 Å². The van der Waals surface area contributed by atoms with Gasteiger partial charge in [0.05, 0.1) is 24.3 Å². The number of carbonyl (C=O) groups excluding carboxylic acids is 3. The summed E-state index contributed by atoms with van der Waals surface area (Å²) in [5.41, 5.74) is -1.64. The Kier molecular flexibility index (Phi) is 11.6. The van der Waals surface area contributed by atoms with Crippen LogP contribution in [0.4, 0.5) is 9.59 Å². The van der Waals surface area contributed by atoms with Crippen LogP contribution in [0.15, 0.2) is 16.6 Å². The van der Waals surface area contributed by atoms with E-state index in [0.29, 0.717) is 12.8 Å². The minimum absolute atomic E-state index is 0.0280. The highest BCUT2D eigenvalue weighted by atomic mass is 16.6. The predicted octanol–water partition coefficient (Wildman–Crippen LogP) is 3.25. The Morgan fingerprint density at radius 1 is 1.00 bits per heavy atom. The number of alkyl carbamates (subject to hydrolysis) is 2. The molecule has 12 heteroatoms. The van der Waals surface area contributed by atoms with E-state index < -0.39 is 47.5 Å². The molecule has 0 saturated heterocycles. The Hall–Kier alpha value is -3.15. The van der Waals surface area contributed by atoms with Crippen LogP contribution in [0.1, 0.15) is 81.6 Å². The topological polar surface area (TPSA) is 165 Å². The highest BCUT2D eigenvalue weighted by Gasteiger charge is 2.38. The van der Waals surface area contributed by atoms with Crippen LogP contribution >= 0.6 is 0 Å². The largest absolute Gasteiger partial charge is 0.478 e. The van der Waals surface area contributed by atoms with E-state index in [9.17, 15) is 24.3 Å². The molecule has 1 aliphatic rings. The fraction of sp³-hybridized carbons (Fsp3) is 0.720. The van der Waals surface area contributed by atoms with E-state index in [-0.39, 0.29) is 30.0 Å². The normalized spacial score (nSPS) is 19.8. The van der Waals surface area contributed by atoms with Gasteiger partial charge in [0.1, 0.15) is 11.2 Å². The van der Waals surface area contributed by atoms with Gasteiger partial charge in [-0.25, -0.2) is 19.4 Å². The van der Waals surface area contributed by atoms with Crippen molar-refractivity contribution in [2.75, 3.05) is 0 Å². The molecule has 1 aliphatic carbocycles. The first-order chi connectivity index (χ1) is 16.9.